The van der Waals surface area contributed by atoms with Crippen molar-refractivity contribution in [3.8, 4) is 11.5 Å². The van der Waals surface area contributed by atoms with Crippen LogP contribution in [0.3, 0.4) is 0 Å². The number of aromatic nitrogens is 4. The molecule has 0 aliphatic carbocycles. The van der Waals surface area contributed by atoms with E-state index in [0.717, 1.165) is 53.9 Å². The molecule has 65 heavy (non-hydrogen) atoms. The largest absolute Gasteiger partial charge is 0.497 e. The molecule has 344 valence electrons. The van der Waals surface area contributed by atoms with Crippen molar-refractivity contribution in [3.63, 3.8) is 0 Å². The summed E-state index contributed by atoms with van der Waals surface area (Å²) in [4.78, 5) is 94.2. The molecule has 0 unspecified atom stereocenters. The van der Waals surface area contributed by atoms with E-state index in [1.807, 2.05) is 55.1 Å². The average Bonchev–Trinajstić information content (AvgIpc) is 3.68. The quantitative estimate of drug-likeness (QED) is 0.137. The minimum atomic E-state index is -0.674. The van der Waals surface area contributed by atoms with Crippen molar-refractivity contribution >= 4 is 53.1 Å². The number of anilines is 1. The van der Waals surface area contributed by atoms with Crippen molar-refractivity contribution in [2.45, 2.75) is 65.5 Å². The van der Waals surface area contributed by atoms with Crippen LogP contribution in [0.15, 0.2) is 61.2 Å². The fourth-order valence-electron chi connectivity index (χ4n) is 8.34. The average molecular weight is 913 g/mol. The number of benzene rings is 2. The summed E-state index contributed by atoms with van der Waals surface area (Å²) in [6.07, 6.45) is 8.67. The van der Waals surface area contributed by atoms with Crippen molar-refractivity contribution in [3.05, 3.63) is 99.8 Å². The number of imide groups is 2. The number of rotatable bonds is 9. The van der Waals surface area contributed by atoms with Gasteiger partial charge in [-0.3, -0.25) is 29.0 Å². The van der Waals surface area contributed by atoms with Crippen LogP contribution in [0, 0.1) is 24.7 Å². The first-order valence-electron chi connectivity index (χ1n) is 21.0. The number of likely N-dealkylation sites (tertiary alicyclic amines) is 2. The number of nitrogens with one attached hydrogen (secondary N) is 1. The molecule has 1 N–H and O–H groups in total. The molecular formula is C46H53ClN8O10. The summed E-state index contributed by atoms with van der Waals surface area (Å²) in [6.45, 7) is 7.28. The summed E-state index contributed by atoms with van der Waals surface area (Å²) in [5.74, 6) is 0.693. The van der Waals surface area contributed by atoms with Gasteiger partial charge in [-0.15, -0.1) is 0 Å². The van der Waals surface area contributed by atoms with Crippen LogP contribution in [0.1, 0.15) is 81.5 Å². The molecule has 4 aromatic rings. The second-order valence-corrected chi connectivity index (χ2v) is 16.6. The topological polar surface area (TPSA) is 213 Å². The van der Waals surface area contributed by atoms with Crippen LogP contribution in [0.25, 0.3) is 0 Å². The first-order valence-corrected chi connectivity index (χ1v) is 21.4. The molecule has 4 amide bonds. The summed E-state index contributed by atoms with van der Waals surface area (Å²) in [6, 6.07) is 11.4. The minimum Gasteiger partial charge on any atom is -0.497 e. The van der Waals surface area contributed by atoms with E-state index in [9.17, 15) is 28.8 Å². The Balaban J connectivity index is 0.000000182. The molecule has 4 aliphatic heterocycles. The van der Waals surface area contributed by atoms with E-state index in [1.165, 1.54) is 48.8 Å². The first-order chi connectivity index (χ1) is 31.2. The molecule has 4 saturated heterocycles. The summed E-state index contributed by atoms with van der Waals surface area (Å²) in [5.41, 5.74) is 3.37. The third-order valence-corrected chi connectivity index (χ3v) is 12.6. The molecule has 19 heteroatoms. The van der Waals surface area contributed by atoms with Crippen LogP contribution in [0.2, 0.25) is 5.28 Å². The van der Waals surface area contributed by atoms with E-state index in [-0.39, 0.29) is 53.0 Å². The van der Waals surface area contributed by atoms with Crippen LogP contribution in [-0.4, -0.2) is 120 Å². The Labute approximate surface area is 382 Å². The molecule has 0 bridgehead atoms. The molecule has 4 aliphatic rings. The Morgan fingerprint density at radius 3 is 1.48 bits per heavy atom. The lowest BCUT2D eigenvalue weighted by Gasteiger charge is -2.37. The highest BCUT2D eigenvalue weighted by Crippen LogP contribution is 2.44. The highest BCUT2D eigenvalue weighted by molar-refractivity contribution is 6.28. The summed E-state index contributed by atoms with van der Waals surface area (Å²) < 4.78 is 19.6. The number of carbonyl (C=O) groups excluding carboxylic acids is 6. The van der Waals surface area contributed by atoms with Crippen molar-refractivity contribution in [2.75, 3.05) is 59.5 Å². The van der Waals surface area contributed by atoms with Gasteiger partial charge in [0.15, 0.2) is 0 Å². The Morgan fingerprint density at radius 2 is 1.06 bits per heavy atom. The van der Waals surface area contributed by atoms with Gasteiger partial charge >= 0.3 is 11.9 Å². The van der Waals surface area contributed by atoms with Gasteiger partial charge in [-0.25, -0.2) is 29.5 Å². The maximum atomic E-state index is 13.3. The predicted octanol–water partition coefficient (Wildman–Crippen LogP) is 4.67. The van der Waals surface area contributed by atoms with Crippen molar-refractivity contribution in [1.82, 2.24) is 35.1 Å². The van der Waals surface area contributed by atoms with Crippen molar-refractivity contribution in [1.29, 1.82) is 0 Å². The van der Waals surface area contributed by atoms with E-state index >= 15 is 0 Å². The minimum absolute atomic E-state index is 0.00113. The SMILES string of the molecule is COC(=O)c1cnc(Cl)nc1.COC(=O)c1cnc(N2CCC3(CC2)CC(=O)N(Cc2cc(OC)ccc2C)C3=O)nc1.COc1ccc(C)c(CN2C(=O)CC3(CCNCC3)C2=O)c1. The maximum absolute atomic E-state index is 13.3. The maximum Gasteiger partial charge on any atom is 0.341 e. The van der Waals surface area contributed by atoms with Crippen molar-refractivity contribution < 1.29 is 47.7 Å². The monoisotopic (exact) mass is 912 g/mol. The number of hydrogen-bond acceptors (Lipinski definition) is 16. The Kier molecular flexibility index (Phi) is 15.5. The highest BCUT2D eigenvalue weighted by Gasteiger charge is 2.53. The highest BCUT2D eigenvalue weighted by atomic mass is 35.5. The van der Waals surface area contributed by atoms with Crippen LogP contribution in [-0.2, 0) is 41.7 Å². The molecule has 18 nitrogen and oxygen atoms in total. The van der Waals surface area contributed by atoms with Crippen LogP contribution < -0.4 is 19.7 Å². The van der Waals surface area contributed by atoms with Gasteiger partial charge in [0.1, 0.15) is 11.5 Å². The number of esters is 2. The first kappa shape index (κ1) is 47.9. The third-order valence-electron chi connectivity index (χ3n) is 12.4. The fraction of sp³-hybridized carbons (Fsp3) is 0.435. The molecule has 0 atom stereocenters. The normalized spacial score (nSPS) is 17.3. The number of methoxy groups -OCH3 is 4. The van der Waals surface area contributed by atoms with Crippen LogP contribution in [0.5, 0.6) is 11.5 Å². The third kappa shape index (κ3) is 10.9. The van der Waals surface area contributed by atoms with Gasteiger partial charge in [-0.1, -0.05) is 12.1 Å². The Morgan fingerprint density at radius 1 is 0.646 bits per heavy atom. The number of piperidine rings is 2. The van der Waals surface area contributed by atoms with Crippen LogP contribution in [0.4, 0.5) is 5.95 Å². The number of halogens is 1. The number of nitrogens with zero attached hydrogens (tertiary/aromatic N) is 7. The summed E-state index contributed by atoms with van der Waals surface area (Å²) in [7, 11) is 5.80. The zero-order valence-corrected chi connectivity index (χ0v) is 38.1. The molecule has 2 aromatic heterocycles. The number of ether oxygens (including phenoxy) is 4. The van der Waals surface area contributed by atoms with Gasteiger partial charge in [0.05, 0.1) is 63.5 Å². The molecule has 0 radical (unpaired) electrons. The van der Waals surface area contributed by atoms with Gasteiger partial charge in [-0.05, 0) is 111 Å². The van der Waals surface area contributed by atoms with Crippen molar-refractivity contribution in [2.24, 2.45) is 10.8 Å². The summed E-state index contributed by atoms with van der Waals surface area (Å²) >= 11 is 5.39. The lowest BCUT2D eigenvalue weighted by molar-refractivity contribution is -0.144. The smallest absolute Gasteiger partial charge is 0.341 e. The Hall–Kier alpha value is -6.53. The zero-order valence-electron chi connectivity index (χ0n) is 37.3. The predicted molar refractivity (Wildman–Crippen MR) is 236 cm³/mol. The van der Waals surface area contributed by atoms with E-state index in [2.05, 4.69) is 34.7 Å². The van der Waals surface area contributed by atoms with E-state index in [0.29, 0.717) is 50.6 Å². The number of carbonyl (C=O) groups is 6. The van der Waals surface area contributed by atoms with Gasteiger partial charge in [-0.2, -0.15) is 0 Å². The number of aryl methyl sites for hydroxylation is 2. The fourth-order valence-corrected chi connectivity index (χ4v) is 8.43. The standard InChI is InChI=1S/C23H26N4O5.C17H22N2O3.C6H5ClN2O2/c1-15-4-5-18(31-2)10-16(15)14-27-19(28)11-23(21(27)30)6-8-26(9-7-23)22-24-12-17(13-25-22)20(29)32-3;1-12-3-4-14(22-2)9-13(12)11-19-15(20)10-17(16(19)21)5-7-18-8-6-17;1-11-5(10)4-2-8-6(7)9-3-4/h4-5,10,12-13H,6-9,11,14H2,1-3H3;3-4,9,18H,5-8,10-11H2,1-2H3;2-3H,1H3. The summed E-state index contributed by atoms with van der Waals surface area (Å²) in [5, 5.41) is 3.37. The van der Waals surface area contributed by atoms with Gasteiger partial charge in [0.25, 0.3) is 0 Å². The van der Waals surface area contributed by atoms with E-state index in [4.69, 9.17) is 21.1 Å². The Bertz CT molecular complexity index is 2400. The van der Waals surface area contributed by atoms with Gasteiger partial charge in [0.2, 0.25) is 34.9 Å². The molecule has 2 spiro atoms. The molecule has 8 rings (SSSR count). The van der Waals surface area contributed by atoms with E-state index < -0.39 is 22.8 Å². The number of amides is 4. The lowest BCUT2D eigenvalue weighted by atomic mass is 9.77. The second kappa shape index (κ2) is 21.0. The molecule has 6 heterocycles. The lowest BCUT2D eigenvalue weighted by Crippen LogP contribution is -2.45. The van der Waals surface area contributed by atoms with Crippen LogP contribution >= 0.6 is 11.6 Å². The van der Waals surface area contributed by atoms with Gasteiger partial charge in [0, 0.05) is 50.7 Å². The molecule has 2 aromatic carbocycles. The number of hydrogen-bond donors (Lipinski definition) is 1. The molecule has 0 saturated carbocycles. The zero-order chi connectivity index (χ0) is 46.9. The van der Waals surface area contributed by atoms with E-state index in [1.54, 1.807) is 14.2 Å². The molecule has 4 fully saturated rings. The second-order valence-electron chi connectivity index (χ2n) is 16.3. The molecular weight excluding hydrogens is 860 g/mol. The van der Waals surface area contributed by atoms with Gasteiger partial charge < -0.3 is 29.2 Å².